The van der Waals surface area contributed by atoms with E-state index in [1.165, 1.54) is 30.0 Å². The lowest BCUT2D eigenvalue weighted by Gasteiger charge is -2.47. The van der Waals surface area contributed by atoms with Gasteiger partial charge < -0.3 is 35.1 Å². The largest absolute Gasteiger partial charge is 0.494 e. The highest BCUT2D eigenvalue weighted by Gasteiger charge is 2.54. The molecule has 0 saturated heterocycles. The number of carboxylic acids is 2. The number of pyridine rings is 2. The third-order valence-electron chi connectivity index (χ3n) is 13.2. The molecule has 13 heteroatoms. The highest BCUT2D eigenvalue weighted by molar-refractivity contribution is 6.30. The fourth-order valence-electron chi connectivity index (χ4n) is 9.98. The van der Waals surface area contributed by atoms with Crippen LogP contribution in [0.25, 0.3) is 0 Å². The molecular weight excluding hydrogens is 796 g/mol. The second-order valence-corrected chi connectivity index (χ2v) is 17.8. The molecule has 1 fully saturated rings. The molecule has 1 amide bonds. The molecule has 7 rings (SSSR count). The van der Waals surface area contributed by atoms with E-state index < -0.39 is 23.5 Å². The number of amides is 1. The van der Waals surface area contributed by atoms with Gasteiger partial charge in [-0.05, 0) is 147 Å². The van der Waals surface area contributed by atoms with Gasteiger partial charge in [-0.15, -0.1) is 0 Å². The van der Waals surface area contributed by atoms with Crippen LogP contribution in [0.1, 0.15) is 106 Å². The Labute approximate surface area is 362 Å². The molecule has 0 bridgehead atoms. The molecule has 61 heavy (non-hydrogen) atoms. The van der Waals surface area contributed by atoms with Crippen LogP contribution in [0.3, 0.4) is 0 Å². The summed E-state index contributed by atoms with van der Waals surface area (Å²) in [4.78, 5) is 46.6. The lowest BCUT2D eigenvalue weighted by molar-refractivity contribution is -0.144. The van der Waals surface area contributed by atoms with E-state index in [2.05, 4.69) is 46.6 Å². The predicted molar refractivity (Wildman–Crippen MR) is 233 cm³/mol. The van der Waals surface area contributed by atoms with Gasteiger partial charge >= 0.3 is 11.9 Å². The van der Waals surface area contributed by atoms with E-state index in [1.807, 2.05) is 30.5 Å². The number of anilines is 1. The van der Waals surface area contributed by atoms with E-state index in [1.54, 1.807) is 24.3 Å². The van der Waals surface area contributed by atoms with Crippen LogP contribution in [0.5, 0.6) is 17.4 Å². The lowest BCUT2D eigenvalue weighted by Crippen LogP contribution is -2.53. The van der Waals surface area contributed by atoms with Gasteiger partial charge in [-0.3, -0.25) is 9.78 Å². The number of benzene rings is 2. The summed E-state index contributed by atoms with van der Waals surface area (Å²) in [6, 6.07) is 17.7. The molecular formula is C48H57ClN4O8. The molecule has 4 N–H and O–H groups in total. The Morgan fingerprint density at radius 1 is 0.984 bits per heavy atom. The number of carbonyl (C=O) groups excluding carboxylic acids is 1. The zero-order valence-corrected chi connectivity index (χ0v) is 36.0. The maximum absolute atomic E-state index is 13.1. The van der Waals surface area contributed by atoms with Crippen molar-refractivity contribution in [3.8, 4) is 17.4 Å². The number of hydrogen-bond acceptors (Lipinski definition) is 9. The van der Waals surface area contributed by atoms with Crippen molar-refractivity contribution in [2.45, 2.75) is 114 Å². The summed E-state index contributed by atoms with van der Waals surface area (Å²) in [5.41, 5.74) is 4.80. The molecule has 0 aliphatic heterocycles. The minimum absolute atomic E-state index is 0.0934. The number of methoxy groups -OCH3 is 1. The second-order valence-electron chi connectivity index (χ2n) is 17.3. The summed E-state index contributed by atoms with van der Waals surface area (Å²) < 4.78 is 18.0. The van der Waals surface area contributed by atoms with E-state index in [0.717, 1.165) is 43.5 Å². The number of aryl methyl sites for hydroxylation is 1. The van der Waals surface area contributed by atoms with Crippen molar-refractivity contribution in [1.82, 2.24) is 15.3 Å². The van der Waals surface area contributed by atoms with Crippen LogP contribution in [-0.2, 0) is 39.1 Å². The average Bonchev–Trinajstić information content (AvgIpc) is 3.53. The molecule has 0 radical (unpaired) electrons. The van der Waals surface area contributed by atoms with Gasteiger partial charge in [-0.2, -0.15) is 0 Å². The van der Waals surface area contributed by atoms with Gasteiger partial charge in [0.25, 0.3) is 0 Å². The van der Waals surface area contributed by atoms with Crippen molar-refractivity contribution >= 4 is 35.1 Å². The maximum atomic E-state index is 13.1. The number of halogens is 1. The number of fused-ring (bicyclic) bond motifs is 3. The Morgan fingerprint density at radius 2 is 1.79 bits per heavy atom. The summed E-state index contributed by atoms with van der Waals surface area (Å²) in [6.45, 7) is 5.35. The molecule has 1 spiro atoms. The van der Waals surface area contributed by atoms with Crippen LogP contribution in [0.2, 0.25) is 5.02 Å². The Hall–Kier alpha value is -5.36. The highest BCUT2D eigenvalue weighted by atomic mass is 35.5. The van der Waals surface area contributed by atoms with Crippen LogP contribution in [-0.4, -0.2) is 69.9 Å². The molecule has 2 aromatic carbocycles. The van der Waals surface area contributed by atoms with E-state index in [4.69, 9.17) is 25.8 Å². The number of nitrogens with one attached hydrogen (secondary N) is 2. The first kappa shape index (κ1) is 43.7. The molecule has 4 atom stereocenters. The van der Waals surface area contributed by atoms with Gasteiger partial charge in [0, 0.05) is 53.3 Å². The molecule has 1 unspecified atom stereocenters. The molecule has 2 heterocycles. The van der Waals surface area contributed by atoms with Crippen LogP contribution < -0.4 is 24.8 Å². The van der Waals surface area contributed by atoms with Gasteiger partial charge in [-0.1, -0.05) is 37.6 Å². The number of aromatic nitrogens is 2. The van der Waals surface area contributed by atoms with Crippen LogP contribution in [0.4, 0.5) is 5.69 Å². The third kappa shape index (κ3) is 10.1. The predicted octanol–water partition coefficient (Wildman–Crippen LogP) is 8.57. The van der Waals surface area contributed by atoms with Gasteiger partial charge in [-0.25, -0.2) is 14.6 Å². The normalized spacial score (nSPS) is 22.6. The summed E-state index contributed by atoms with van der Waals surface area (Å²) in [7, 11) is 1.49. The van der Waals surface area contributed by atoms with Crippen molar-refractivity contribution in [3.63, 3.8) is 0 Å². The number of carbonyl (C=O) groups is 3. The maximum Gasteiger partial charge on any atom is 0.329 e. The smallest absolute Gasteiger partial charge is 0.329 e. The minimum atomic E-state index is -1.14. The van der Waals surface area contributed by atoms with Crippen molar-refractivity contribution < 1.29 is 38.8 Å². The second kappa shape index (κ2) is 19.1. The van der Waals surface area contributed by atoms with Crippen molar-refractivity contribution in [2.75, 3.05) is 25.6 Å². The molecule has 2 aromatic heterocycles. The van der Waals surface area contributed by atoms with Gasteiger partial charge in [0.15, 0.2) is 0 Å². The van der Waals surface area contributed by atoms with E-state index in [0.29, 0.717) is 72.5 Å². The van der Waals surface area contributed by atoms with Crippen LogP contribution in [0, 0.1) is 11.8 Å². The van der Waals surface area contributed by atoms with Crippen LogP contribution >= 0.6 is 11.6 Å². The number of nitrogens with zero attached hydrogens (tertiary/aromatic N) is 2. The number of aliphatic carboxylic acids is 2. The highest BCUT2D eigenvalue weighted by Crippen LogP contribution is 2.57. The average molecular weight is 853 g/mol. The molecule has 1 saturated carbocycles. The number of hydrogen-bond donors (Lipinski definition) is 4. The van der Waals surface area contributed by atoms with Crippen molar-refractivity contribution in [1.29, 1.82) is 0 Å². The first-order chi connectivity index (χ1) is 29.4. The Balaban J connectivity index is 1.03. The Kier molecular flexibility index (Phi) is 13.7. The standard InChI is InChI=1S/C48H57ClN4O8/c1-30(29-61-41-15-21-50-39-10-4-7-31(2)44(39)41)23-34-26-33-12-13-37(60-22-6-11-42(54)52-40(45(55)56)24-32-14-20-51-43(25-32)59-3)28-38(33)47(34)16-18-48(19-17-47,46(57)58)53-36-9-5-8-35(49)27-36/h5,8-9,12-15,20-21,25,27-28,30-31,34,40,53H,4,6-7,10-11,16-19,22-24,26,29H2,1-3H3,(H,52,54)(H,55,56)(H,57,58)/t30-,31-,34+,40?,47?,48?/m1/s1. The zero-order chi connectivity index (χ0) is 43.1. The molecule has 3 aliphatic carbocycles. The third-order valence-corrected chi connectivity index (χ3v) is 13.4. The fraction of sp³-hybridized carbons (Fsp3) is 0.479. The number of carboxylic acid groups (broad SMARTS) is 2. The summed E-state index contributed by atoms with van der Waals surface area (Å²) >= 11 is 6.30. The quantitative estimate of drug-likeness (QED) is 0.0708. The first-order valence-electron chi connectivity index (χ1n) is 21.5. The van der Waals surface area contributed by atoms with E-state index in [-0.39, 0.29) is 42.6 Å². The van der Waals surface area contributed by atoms with Crippen molar-refractivity contribution in [3.05, 3.63) is 106 Å². The zero-order valence-electron chi connectivity index (χ0n) is 35.3. The summed E-state index contributed by atoms with van der Waals surface area (Å²) in [5, 5.41) is 27.1. The van der Waals surface area contributed by atoms with Gasteiger partial charge in [0.05, 0.1) is 20.3 Å². The van der Waals surface area contributed by atoms with Gasteiger partial charge in [0.2, 0.25) is 11.8 Å². The summed E-state index contributed by atoms with van der Waals surface area (Å²) in [5.74, 6) is 0.544. The molecule has 12 nitrogen and oxygen atoms in total. The number of rotatable bonds is 18. The molecule has 4 aromatic rings. The minimum Gasteiger partial charge on any atom is -0.494 e. The summed E-state index contributed by atoms with van der Waals surface area (Å²) in [6.07, 6.45) is 11.2. The Bertz CT molecular complexity index is 2210. The number of ether oxygens (including phenoxy) is 3. The van der Waals surface area contributed by atoms with Gasteiger partial charge in [0.1, 0.15) is 23.1 Å². The Morgan fingerprint density at radius 3 is 2.54 bits per heavy atom. The van der Waals surface area contributed by atoms with Crippen LogP contribution in [0.15, 0.2) is 73.1 Å². The van der Waals surface area contributed by atoms with Crippen molar-refractivity contribution in [2.24, 2.45) is 11.8 Å². The SMILES string of the molecule is COc1cc(CC(NC(=O)CCCOc2ccc3c(c2)C2(CCC(Nc4cccc(Cl)c4)(C(=O)O)CC2)[C@@H](C[C@@H](C)COc2ccnc4c2[C@H](C)CCC4)C3)C(=O)O)ccn1. The molecule has 3 aliphatic rings. The van der Waals surface area contributed by atoms with E-state index >= 15 is 0 Å². The topological polar surface area (TPSA) is 169 Å². The van der Waals surface area contributed by atoms with E-state index in [9.17, 15) is 24.6 Å². The fourth-order valence-corrected chi connectivity index (χ4v) is 10.2. The first-order valence-corrected chi connectivity index (χ1v) is 21.9. The lowest BCUT2D eigenvalue weighted by atomic mass is 9.59. The molecule has 324 valence electrons. The monoisotopic (exact) mass is 852 g/mol.